The highest BCUT2D eigenvalue weighted by Gasteiger charge is 2.25. The minimum absolute atomic E-state index is 0.0358. The number of rotatable bonds is 5. The van der Waals surface area contributed by atoms with Crippen LogP contribution in [0.5, 0.6) is 0 Å². The number of carbonyl (C=O) groups excluding carboxylic acids is 2. The van der Waals surface area contributed by atoms with Gasteiger partial charge in [-0.05, 0) is 12.1 Å². The van der Waals surface area contributed by atoms with Gasteiger partial charge in [-0.25, -0.2) is 4.39 Å². The maximum atomic E-state index is 13.9. The lowest BCUT2D eigenvalue weighted by Crippen LogP contribution is -2.51. The minimum atomic E-state index is -0.592. The molecular formula is C22H27FN6O3. The molecule has 170 valence electrons. The van der Waals surface area contributed by atoms with E-state index in [0.29, 0.717) is 39.4 Å². The fourth-order valence-electron chi connectivity index (χ4n) is 3.89. The Kier molecular flexibility index (Phi) is 6.79. The van der Waals surface area contributed by atoms with Crippen molar-refractivity contribution in [3.05, 3.63) is 47.9 Å². The van der Waals surface area contributed by atoms with Gasteiger partial charge >= 0.3 is 0 Å². The minimum Gasteiger partial charge on any atom is -0.378 e. The number of morpholine rings is 1. The Morgan fingerprint density at radius 2 is 1.78 bits per heavy atom. The van der Waals surface area contributed by atoms with Crippen LogP contribution in [0.3, 0.4) is 0 Å². The van der Waals surface area contributed by atoms with Gasteiger partial charge in [0.1, 0.15) is 5.82 Å². The highest BCUT2D eigenvalue weighted by atomic mass is 19.1. The first kappa shape index (κ1) is 21.9. The number of hydrogen-bond donors (Lipinski definition) is 0. The summed E-state index contributed by atoms with van der Waals surface area (Å²) in [6.45, 7) is 5.24. The molecule has 2 fully saturated rings. The molecule has 0 saturated carbocycles. The van der Waals surface area contributed by atoms with Gasteiger partial charge < -0.3 is 24.3 Å². The van der Waals surface area contributed by atoms with Crippen LogP contribution in [0.4, 0.5) is 15.9 Å². The number of piperazine rings is 1. The molecule has 0 spiro atoms. The van der Waals surface area contributed by atoms with Crippen molar-refractivity contribution in [2.24, 2.45) is 0 Å². The Morgan fingerprint density at radius 3 is 2.50 bits per heavy atom. The summed E-state index contributed by atoms with van der Waals surface area (Å²) in [6.07, 6.45) is 1.76. The average molecular weight is 442 g/mol. The van der Waals surface area contributed by atoms with Crippen molar-refractivity contribution in [2.75, 3.05) is 75.9 Å². The summed E-state index contributed by atoms with van der Waals surface area (Å²) in [5, 5.41) is 8.42. The van der Waals surface area contributed by atoms with Gasteiger partial charge in [0.05, 0.1) is 37.2 Å². The number of hydrogen-bond acceptors (Lipinski definition) is 7. The van der Waals surface area contributed by atoms with Crippen LogP contribution in [-0.2, 0) is 9.53 Å². The molecule has 4 rings (SSSR count). The molecule has 0 radical (unpaired) electrons. The second-order valence-corrected chi connectivity index (χ2v) is 7.88. The van der Waals surface area contributed by atoms with Gasteiger partial charge in [-0.15, -0.1) is 5.10 Å². The molecule has 2 aliphatic heterocycles. The number of benzene rings is 1. The van der Waals surface area contributed by atoms with E-state index in [2.05, 4.69) is 20.0 Å². The molecule has 0 atom stereocenters. The summed E-state index contributed by atoms with van der Waals surface area (Å²) in [7, 11) is 1.51. The molecule has 2 amide bonds. The maximum Gasteiger partial charge on any atom is 0.257 e. The maximum absolute atomic E-state index is 13.9. The predicted molar refractivity (Wildman–Crippen MR) is 117 cm³/mol. The van der Waals surface area contributed by atoms with Crippen molar-refractivity contribution in [2.45, 2.75) is 0 Å². The van der Waals surface area contributed by atoms with Crippen molar-refractivity contribution in [3.63, 3.8) is 0 Å². The predicted octanol–water partition coefficient (Wildman–Crippen LogP) is 0.873. The summed E-state index contributed by atoms with van der Waals surface area (Å²) in [5.41, 5.74) is 0.983. The van der Waals surface area contributed by atoms with Crippen LogP contribution in [-0.4, -0.2) is 97.9 Å². The van der Waals surface area contributed by atoms with Crippen molar-refractivity contribution in [1.82, 2.24) is 20.0 Å². The van der Waals surface area contributed by atoms with Crippen LogP contribution >= 0.6 is 0 Å². The van der Waals surface area contributed by atoms with Crippen LogP contribution < -0.4 is 9.80 Å². The SMILES string of the molecule is CN(CC(=O)N1CCN(c2cc(N3CCOCC3)cnn2)CC1)C(=O)c1ccccc1F. The fraction of sp³-hybridized carbons (Fsp3) is 0.455. The molecule has 2 saturated heterocycles. The highest BCUT2D eigenvalue weighted by molar-refractivity contribution is 5.96. The van der Waals surface area contributed by atoms with E-state index in [-0.39, 0.29) is 18.0 Å². The first-order valence-corrected chi connectivity index (χ1v) is 10.7. The van der Waals surface area contributed by atoms with E-state index in [4.69, 9.17) is 4.74 Å². The summed E-state index contributed by atoms with van der Waals surface area (Å²) < 4.78 is 19.3. The van der Waals surface area contributed by atoms with Crippen LogP contribution in [0.2, 0.25) is 0 Å². The van der Waals surface area contributed by atoms with Crippen molar-refractivity contribution < 1.29 is 18.7 Å². The summed E-state index contributed by atoms with van der Waals surface area (Å²) in [5.74, 6) is -0.478. The monoisotopic (exact) mass is 442 g/mol. The molecule has 0 aliphatic carbocycles. The van der Waals surface area contributed by atoms with Crippen LogP contribution in [0.1, 0.15) is 10.4 Å². The number of amides is 2. The van der Waals surface area contributed by atoms with Gasteiger partial charge in [0.25, 0.3) is 5.91 Å². The Labute approximate surface area is 186 Å². The molecular weight excluding hydrogens is 415 g/mol. The second-order valence-electron chi connectivity index (χ2n) is 7.88. The van der Waals surface area contributed by atoms with E-state index in [1.165, 1.54) is 30.1 Å². The Morgan fingerprint density at radius 1 is 1.06 bits per heavy atom. The molecule has 32 heavy (non-hydrogen) atoms. The van der Waals surface area contributed by atoms with E-state index < -0.39 is 11.7 Å². The number of likely N-dealkylation sites (N-methyl/N-ethyl adjacent to an activating group) is 1. The molecule has 0 unspecified atom stereocenters. The van der Waals surface area contributed by atoms with Gasteiger partial charge in [-0.3, -0.25) is 9.59 Å². The van der Waals surface area contributed by atoms with E-state index in [0.717, 1.165) is 24.6 Å². The number of aromatic nitrogens is 2. The number of carbonyl (C=O) groups is 2. The first-order chi connectivity index (χ1) is 15.5. The Bertz CT molecular complexity index is 960. The molecule has 10 heteroatoms. The normalized spacial score (nSPS) is 16.8. The van der Waals surface area contributed by atoms with Crippen LogP contribution in [0.25, 0.3) is 0 Å². The van der Waals surface area contributed by atoms with Gasteiger partial charge in [-0.2, -0.15) is 5.10 Å². The lowest BCUT2D eigenvalue weighted by molar-refractivity contribution is -0.132. The molecule has 2 aromatic rings. The van der Waals surface area contributed by atoms with E-state index in [1.54, 1.807) is 17.2 Å². The van der Waals surface area contributed by atoms with E-state index in [1.807, 2.05) is 6.07 Å². The Balaban J connectivity index is 1.31. The zero-order valence-corrected chi connectivity index (χ0v) is 18.1. The van der Waals surface area contributed by atoms with Crippen molar-refractivity contribution >= 4 is 23.3 Å². The van der Waals surface area contributed by atoms with Crippen LogP contribution in [0, 0.1) is 5.82 Å². The molecule has 0 bridgehead atoms. The quantitative estimate of drug-likeness (QED) is 0.680. The third-order valence-electron chi connectivity index (χ3n) is 5.78. The summed E-state index contributed by atoms with van der Waals surface area (Å²) in [6, 6.07) is 7.80. The van der Waals surface area contributed by atoms with Gasteiger partial charge in [-0.1, -0.05) is 12.1 Å². The largest absolute Gasteiger partial charge is 0.378 e. The lowest BCUT2D eigenvalue weighted by atomic mass is 10.2. The smallest absolute Gasteiger partial charge is 0.257 e. The summed E-state index contributed by atoms with van der Waals surface area (Å²) in [4.78, 5) is 32.5. The molecule has 0 N–H and O–H groups in total. The van der Waals surface area contributed by atoms with Crippen molar-refractivity contribution in [1.29, 1.82) is 0 Å². The van der Waals surface area contributed by atoms with Gasteiger partial charge in [0.15, 0.2) is 5.82 Å². The number of anilines is 2. The number of ether oxygens (including phenoxy) is 1. The zero-order valence-electron chi connectivity index (χ0n) is 18.1. The number of halogens is 1. The van der Waals surface area contributed by atoms with E-state index >= 15 is 0 Å². The topological polar surface area (TPSA) is 82.1 Å². The average Bonchev–Trinajstić information content (AvgIpc) is 2.84. The Hall–Kier alpha value is -3.27. The molecule has 9 nitrogen and oxygen atoms in total. The molecule has 1 aromatic carbocycles. The number of nitrogens with zero attached hydrogens (tertiary/aromatic N) is 6. The fourth-order valence-corrected chi connectivity index (χ4v) is 3.89. The second kappa shape index (κ2) is 9.90. The van der Waals surface area contributed by atoms with Crippen molar-refractivity contribution in [3.8, 4) is 0 Å². The lowest BCUT2D eigenvalue weighted by Gasteiger charge is -2.36. The molecule has 2 aliphatic rings. The first-order valence-electron chi connectivity index (χ1n) is 10.7. The molecule has 3 heterocycles. The zero-order chi connectivity index (χ0) is 22.5. The molecule has 1 aromatic heterocycles. The van der Waals surface area contributed by atoms with Crippen LogP contribution in [0.15, 0.2) is 36.5 Å². The van der Waals surface area contributed by atoms with Gasteiger partial charge in [0, 0.05) is 52.4 Å². The van der Waals surface area contributed by atoms with Gasteiger partial charge in [0.2, 0.25) is 5.91 Å². The standard InChI is InChI=1S/C22H27FN6O3/c1-26(22(31)18-4-2-3-5-19(18)23)16-21(30)29-8-6-28(7-9-29)20-14-17(15-24-25-20)27-10-12-32-13-11-27/h2-5,14-15H,6-13,16H2,1H3. The third kappa shape index (κ3) is 4.96. The summed E-state index contributed by atoms with van der Waals surface area (Å²) >= 11 is 0. The van der Waals surface area contributed by atoms with E-state index in [9.17, 15) is 14.0 Å². The highest BCUT2D eigenvalue weighted by Crippen LogP contribution is 2.21. The third-order valence-corrected chi connectivity index (χ3v) is 5.78.